The fourth-order valence-corrected chi connectivity index (χ4v) is 1.82. The molecular weight excluding hydrogens is 174 g/mol. The van der Waals surface area contributed by atoms with E-state index in [0.29, 0.717) is 12.0 Å². The Bertz CT molecular complexity index is 147. The SMILES string of the molecule is CCC(C)(CNC)OC(C)CC(C)C. The molecule has 0 radical (unpaired) electrons. The van der Waals surface area contributed by atoms with E-state index in [9.17, 15) is 0 Å². The third-order valence-electron chi connectivity index (χ3n) is 2.59. The molecule has 0 saturated heterocycles. The number of ether oxygens (including phenoxy) is 1. The van der Waals surface area contributed by atoms with Crippen LogP contribution >= 0.6 is 0 Å². The van der Waals surface area contributed by atoms with E-state index >= 15 is 0 Å². The second-order valence-corrected chi connectivity index (χ2v) is 4.89. The Labute approximate surface area is 89.4 Å². The summed E-state index contributed by atoms with van der Waals surface area (Å²) in [7, 11) is 1.98. The van der Waals surface area contributed by atoms with Gasteiger partial charge in [-0.05, 0) is 39.7 Å². The van der Waals surface area contributed by atoms with Crippen molar-refractivity contribution < 1.29 is 4.74 Å². The van der Waals surface area contributed by atoms with Crippen LogP contribution < -0.4 is 5.32 Å². The predicted molar refractivity (Wildman–Crippen MR) is 62.6 cm³/mol. The van der Waals surface area contributed by atoms with Gasteiger partial charge in [0.15, 0.2) is 0 Å². The summed E-state index contributed by atoms with van der Waals surface area (Å²) in [4.78, 5) is 0. The third kappa shape index (κ3) is 5.61. The first kappa shape index (κ1) is 13.9. The Morgan fingerprint density at radius 2 is 1.86 bits per heavy atom. The molecule has 2 nitrogen and oxygen atoms in total. The summed E-state index contributed by atoms with van der Waals surface area (Å²) in [6.45, 7) is 11.9. The molecule has 0 aliphatic rings. The van der Waals surface area contributed by atoms with Crippen molar-refractivity contribution in [3.63, 3.8) is 0 Å². The average Bonchev–Trinajstić information content (AvgIpc) is 2.02. The summed E-state index contributed by atoms with van der Waals surface area (Å²) in [6, 6.07) is 0. The van der Waals surface area contributed by atoms with Crippen molar-refractivity contribution in [1.29, 1.82) is 0 Å². The monoisotopic (exact) mass is 201 g/mol. The van der Waals surface area contributed by atoms with E-state index in [1.165, 1.54) is 0 Å². The molecule has 0 bridgehead atoms. The Morgan fingerprint density at radius 1 is 1.29 bits per heavy atom. The van der Waals surface area contributed by atoms with Gasteiger partial charge in [-0.15, -0.1) is 0 Å². The zero-order chi connectivity index (χ0) is 11.2. The molecule has 2 heteroatoms. The fourth-order valence-electron chi connectivity index (χ4n) is 1.82. The highest BCUT2D eigenvalue weighted by atomic mass is 16.5. The lowest BCUT2D eigenvalue weighted by Crippen LogP contribution is -2.41. The Kier molecular flexibility index (Phi) is 6.38. The molecule has 0 aromatic heterocycles. The molecule has 0 spiro atoms. The molecule has 0 heterocycles. The van der Waals surface area contributed by atoms with Gasteiger partial charge in [0.25, 0.3) is 0 Å². The smallest absolute Gasteiger partial charge is 0.0779 e. The maximum absolute atomic E-state index is 6.08. The highest BCUT2D eigenvalue weighted by Crippen LogP contribution is 2.19. The molecule has 1 N–H and O–H groups in total. The zero-order valence-corrected chi connectivity index (χ0v) is 10.7. The summed E-state index contributed by atoms with van der Waals surface area (Å²) >= 11 is 0. The molecule has 2 unspecified atom stereocenters. The molecule has 86 valence electrons. The number of hydrogen-bond acceptors (Lipinski definition) is 2. The van der Waals surface area contributed by atoms with E-state index in [-0.39, 0.29) is 5.60 Å². The highest BCUT2D eigenvalue weighted by Gasteiger charge is 2.24. The van der Waals surface area contributed by atoms with E-state index in [4.69, 9.17) is 4.74 Å². The van der Waals surface area contributed by atoms with Gasteiger partial charge in [-0.3, -0.25) is 0 Å². The first-order valence-electron chi connectivity index (χ1n) is 5.76. The maximum Gasteiger partial charge on any atom is 0.0779 e. The molecule has 0 aliphatic carbocycles. The van der Waals surface area contributed by atoms with Crippen LogP contribution in [0.3, 0.4) is 0 Å². The van der Waals surface area contributed by atoms with Crippen molar-refractivity contribution in [3.8, 4) is 0 Å². The summed E-state index contributed by atoms with van der Waals surface area (Å²) < 4.78 is 6.08. The number of nitrogens with one attached hydrogen (secondary N) is 1. The van der Waals surface area contributed by atoms with Gasteiger partial charge in [0.05, 0.1) is 11.7 Å². The molecule has 0 rings (SSSR count). The summed E-state index contributed by atoms with van der Waals surface area (Å²) in [5, 5.41) is 3.19. The van der Waals surface area contributed by atoms with Crippen molar-refractivity contribution in [2.24, 2.45) is 5.92 Å². The topological polar surface area (TPSA) is 21.3 Å². The summed E-state index contributed by atoms with van der Waals surface area (Å²) in [5.74, 6) is 0.709. The van der Waals surface area contributed by atoms with Gasteiger partial charge in [0.1, 0.15) is 0 Å². The van der Waals surface area contributed by atoms with Crippen LogP contribution in [0.4, 0.5) is 0 Å². The van der Waals surface area contributed by atoms with Gasteiger partial charge < -0.3 is 10.1 Å². The third-order valence-corrected chi connectivity index (χ3v) is 2.59. The largest absolute Gasteiger partial charge is 0.371 e. The lowest BCUT2D eigenvalue weighted by molar-refractivity contribution is -0.0814. The highest BCUT2D eigenvalue weighted by molar-refractivity contribution is 4.77. The van der Waals surface area contributed by atoms with Crippen molar-refractivity contribution in [2.45, 2.75) is 59.2 Å². The van der Waals surface area contributed by atoms with Gasteiger partial charge in [-0.2, -0.15) is 0 Å². The fraction of sp³-hybridized carbons (Fsp3) is 1.00. The van der Waals surface area contributed by atoms with E-state index < -0.39 is 0 Å². The molecule has 0 fully saturated rings. The normalized spacial score (nSPS) is 18.2. The van der Waals surface area contributed by atoms with Crippen LogP contribution in [0, 0.1) is 5.92 Å². The van der Waals surface area contributed by atoms with Crippen LogP contribution in [-0.2, 0) is 4.74 Å². The van der Waals surface area contributed by atoms with Crippen molar-refractivity contribution >= 4 is 0 Å². The van der Waals surface area contributed by atoms with Gasteiger partial charge in [-0.1, -0.05) is 20.8 Å². The standard InChI is InChI=1S/C12H27NO/c1-7-12(5,9-13-6)14-11(4)8-10(2)3/h10-11,13H,7-9H2,1-6H3. The number of likely N-dealkylation sites (N-methyl/N-ethyl adjacent to an activating group) is 1. The van der Waals surface area contributed by atoms with Crippen molar-refractivity contribution in [1.82, 2.24) is 5.32 Å². The van der Waals surface area contributed by atoms with E-state index in [1.807, 2.05) is 7.05 Å². The van der Waals surface area contributed by atoms with Crippen LogP contribution in [-0.4, -0.2) is 25.3 Å². The average molecular weight is 201 g/mol. The van der Waals surface area contributed by atoms with Gasteiger partial charge in [-0.25, -0.2) is 0 Å². The first-order valence-corrected chi connectivity index (χ1v) is 5.76. The lowest BCUT2D eigenvalue weighted by Gasteiger charge is -2.32. The summed E-state index contributed by atoms with van der Waals surface area (Å²) in [6.07, 6.45) is 2.54. The minimum atomic E-state index is -0.0109. The van der Waals surface area contributed by atoms with E-state index in [1.54, 1.807) is 0 Å². The lowest BCUT2D eigenvalue weighted by atomic mass is 10.0. The predicted octanol–water partition coefficient (Wildman–Crippen LogP) is 2.83. The second-order valence-electron chi connectivity index (χ2n) is 4.89. The molecular formula is C12H27NO. The minimum Gasteiger partial charge on any atom is -0.371 e. The van der Waals surface area contributed by atoms with Crippen LogP contribution in [0.1, 0.15) is 47.5 Å². The van der Waals surface area contributed by atoms with Crippen LogP contribution in [0.5, 0.6) is 0 Å². The second kappa shape index (κ2) is 6.41. The van der Waals surface area contributed by atoms with Gasteiger partial charge in [0, 0.05) is 6.54 Å². The van der Waals surface area contributed by atoms with Crippen molar-refractivity contribution in [2.75, 3.05) is 13.6 Å². The van der Waals surface area contributed by atoms with Crippen LogP contribution in [0.15, 0.2) is 0 Å². The number of hydrogen-bond donors (Lipinski definition) is 1. The molecule has 14 heavy (non-hydrogen) atoms. The Hall–Kier alpha value is -0.0800. The zero-order valence-electron chi connectivity index (χ0n) is 10.7. The van der Waals surface area contributed by atoms with Gasteiger partial charge in [0.2, 0.25) is 0 Å². The van der Waals surface area contributed by atoms with Crippen LogP contribution in [0.2, 0.25) is 0 Å². The minimum absolute atomic E-state index is 0.0109. The van der Waals surface area contributed by atoms with E-state index in [0.717, 1.165) is 19.4 Å². The van der Waals surface area contributed by atoms with Gasteiger partial charge >= 0.3 is 0 Å². The first-order chi connectivity index (χ1) is 6.43. The molecule has 0 aliphatic heterocycles. The van der Waals surface area contributed by atoms with Crippen LogP contribution in [0.25, 0.3) is 0 Å². The quantitative estimate of drug-likeness (QED) is 0.684. The Balaban J connectivity index is 4.02. The molecule has 0 saturated carbocycles. The molecule has 0 amide bonds. The Morgan fingerprint density at radius 3 is 2.21 bits per heavy atom. The molecule has 0 aromatic rings. The molecule has 2 atom stereocenters. The maximum atomic E-state index is 6.08. The van der Waals surface area contributed by atoms with E-state index in [2.05, 4.69) is 39.9 Å². The van der Waals surface area contributed by atoms with Crippen molar-refractivity contribution in [3.05, 3.63) is 0 Å². The summed E-state index contributed by atoms with van der Waals surface area (Å²) in [5.41, 5.74) is -0.0109. The number of rotatable bonds is 7. The molecule has 0 aromatic carbocycles.